The Morgan fingerprint density at radius 2 is 0.875 bits per heavy atom. The zero-order valence-electron chi connectivity index (χ0n) is 41.0. The summed E-state index contributed by atoms with van der Waals surface area (Å²) >= 11 is 0. The van der Waals surface area contributed by atoms with Crippen molar-refractivity contribution in [1.82, 2.24) is 0 Å². The quantitative estimate of drug-likeness (QED) is 0.0268. The highest BCUT2D eigenvalue weighted by Gasteiger charge is 2.25. The lowest BCUT2D eigenvalue weighted by Crippen LogP contribution is -2.28. The number of carbonyl (C=O) groups excluding carboxylic acids is 1. The molecule has 0 amide bonds. The topological polar surface area (TPSA) is 117 Å². The standard InChI is InChI=1S/C55H96NO7P/c1-3-5-7-9-11-13-15-17-19-21-23-25-26-27-29-31-33-35-37-39-41-43-45-47-50-60-52-54(53-62-64(58,59)61-51-49-56)63-55(57)48-46-44-42-40-38-36-34-32-30-28-24-22-20-18-16-14-12-10-8-6-4-2/h6,8,12,14-15,17-18,20-21,23-24,28,32,34,38,40,54H,3-5,7,9-11,13,16,19,22,25-27,29-31,33,35-37,39,41-53,56H2,1-2H3,(H,58,59)/b8-6-,14-12-,17-15-,20-18-,23-21-,28-24-,34-32-,40-38-. The molecule has 0 aromatic carbocycles. The minimum Gasteiger partial charge on any atom is -0.457 e. The molecule has 0 saturated heterocycles. The van der Waals surface area contributed by atoms with Crippen molar-refractivity contribution < 1.29 is 32.8 Å². The molecule has 2 atom stereocenters. The number of rotatable bonds is 48. The van der Waals surface area contributed by atoms with Crippen LogP contribution in [0.1, 0.15) is 206 Å². The molecule has 0 rings (SSSR count). The van der Waals surface area contributed by atoms with Crippen molar-refractivity contribution in [1.29, 1.82) is 0 Å². The number of phosphoric acid groups is 1. The largest absolute Gasteiger partial charge is 0.472 e. The summed E-state index contributed by atoms with van der Waals surface area (Å²) in [5.74, 6) is -0.374. The van der Waals surface area contributed by atoms with E-state index in [-0.39, 0.29) is 38.8 Å². The van der Waals surface area contributed by atoms with Gasteiger partial charge in [-0.05, 0) is 96.3 Å². The maximum absolute atomic E-state index is 12.6. The summed E-state index contributed by atoms with van der Waals surface area (Å²) in [5, 5.41) is 0. The predicted molar refractivity (Wildman–Crippen MR) is 274 cm³/mol. The molecule has 0 aliphatic heterocycles. The second-order valence-corrected chi connectivity index (χ2v) is 18.1. The van der Waals surface area contributed by atoms with E-state index < -0.39 is 13.9 Å². The van der Waals surface area contributed by atoms with Crippen LogP contribution in [0, 0.1) is 0 Å². The van der Waals surface area contributed by atoms with E-state index in [1.807, 2.05) is 0 Å². The van der Waals surface area contributed by atoms with Crippen molar-refractivity contribution in [2.24, 2.45) is 5.73 Å². The van der Waals surface area contributed by atoms with Gasteiger partial charge in [-0.3, -0.25) is 13.8 Å². The number of nitrogens with two attached hydrogens (primary N) is 1. The normalized spacial score (nSPS) is 14.1. The molecule has 8 nitrogen and oxygen atoms in total. The molecule has 0 spiro atoms. The SMILES string of the molecule is CC/C=C\C/C=C\C/C=C\C/C=C\C/C=C\C/C=C\CCCCC(=O)OC(COCCCCCCCCCCCCCC/C=C\C/C=C\CCCCCCC)COP(=O)(O)OCCN. The van der Waals surface area contributed by atoms with Crippen molar-refractivity contribution in [2.45, 2.75) is 213 Å². The molecule has 64 heavy (non-hydrogen) atoms. The number of esters is 1. The van der Waals surface area contributed by atoms with Crippen molar-refractivity contribution in [2.75, 3.05) is 33.0 Å². The first-order chi connectivity index (χ1) is 31.4. The van der Waals surface area contributed by atoms with E-state index >= 15 is 0 Å². The molecule has 0 heterocycles. The molecule has 368 valence electrons. The van der Waals surface area contributed by atoms with Gasteiger partial charge in [0, 0.05) is 19.6 Å². The van der Waals surface area contributed by atoms with Gasteiger partial charge < -0.3 is 20.1 Å². The van der Waals surface area contributed by atoms with Crippen LogP contribution >= 0.6 is 7.82 Å². The molecule has 0 aliphatic carbocycles. The highest BCUT2D eigenvalue weighted by Crippen LogP contribution is 2.43. The lowest BCUT2D eigenvalue weighted by atomic mass is 10.0. The van der Waals surface area contributed by atoms with Crippen LogP contribution in [-0.4, -0.2) is 49.9 Å². The summed E-state index contributed by atoms with van der Waals surface area (Å²) in [6.45, 7) is 4.73. The van der Waals surface area contributed by atoms with Gasteiger partial charge in [0.25, 0.3) is 0 Å². The maximum Gasteiger partial charge on any atom is 0.472 e. The van der Waals surface area contributed by atoms with Gasteiger partial charge in [-0.1, -0.05) is 201 Å². The Balaban J connectivity index is 4.04. The van der Waals surface area contributed by atoms with Crippen LogP contribution in [-0.2, 0) is 27.9 Å². The summed E-state index contributed by atoms with van der Waals surface area (Å²) in [5.41, 5.74) is 5.39. The molecule has 0 aliphatic rings. The zero-order valence-corrected chi connectivity index (χ0v) is 41.9. The van der Waals surface area contributed by atoms with Gasteiger partial charge in [0.15, 0.2) is 0 Å². The third kappa shape index (κ3) is 50.4. The molecule has 0 fully saturated rings. The van der Waals surface area contributed by atoms with E-state index in [0.29, 0.717) is 13.0 Å². The van der Waals surface area contributed by atoms with E-state index in [1.165, 1.54) is 109 Å². The second-order valence-electron chi connectivity index (χ2n) is 16.6. The van der Waals surface area contributed by atoms with Gasteiger partial charge in [-0.15, -0.1) is 0 Å². The summed E-state index contributed by atoms with van der Waals surface area (Å²) in [7, 11) is -4.30. The highest BCUT2D eigenvalue weighted by molar-refractivity contribution is 7.47. The number of hydrogen-bond acceptors (Lipinski definition) is 7. The average molecular weight is 914 g/mol. The Morgan fingerprint density at radius 3 is 1.31 bits per heavy atom. The predicted octanol–water partition coefficient (Wildman–Crippen LogP) is 16.2. The summed E-state index contributed by atoms with van der Waals surface area (Å²) < 4.78 is 33.5. The number of unbranched alkanes of at least 4 members (excludes halogenated alkanes) is 19. The molecule has 0 radical (unpaired) electrons. The molecule has 2 unspecified atom stereocenters. The van der Waals surface area contributed by atoms with Gasteiger partial charge in [0.05, 0.1) is 19.8 Å². The molecular formula is C55H96NO7P. The van der Waals surface area contributed by atoms with Crippen LogP contribution in [0.3, 0.4) is 0 Å². The molecule has 0 aromatic heterocycles. The molecule has 0 bridgehead atoms. The first-order valence-corrected chi connectivity index (χ1v) is 27.2. The molecule has 9 heteroatoms. The van der Waals surface area contributed by atoms with E-state index in [2.05, 4.69) is 111 Å². The van der Waals surface area contributed by atoms with Crippen LogP contribution in [0.25, 0.3) is 0 Å². The van der Waals surface area contributed by atoms with Crippen LogP contribution in [0.15, 0.2) is 97.2 Å². The monoisotopic (exact) mass is 914 g/mol. The minimum absolute atomic E-state index is 0.0879. The number of ether oxygens (including phenoxy) is 2. The fourth-order valence-corrected chi connectivity index (χ4v) is 7.50. The lowest BCUT2D eigenvalue weighted by Gasteiger charge is -2.20. The minimum atomic E-state index is -4.30. The summed E-state index contributed by atoms with van der Waals surface area (Å²) in [4.78, 5) is 22.6. The Bertz CT molecular complexity index is 1300. The summed E-state index contributed by atoms with van der Waals surface area (Å²) in [6.07, 6.45) is 68.7. The first-order valence-electron chi connectivity index (χ1n) is 25.7. The van der Waals surface area contributed by atoms with E-state index in [0.717, 1.165) is 70.6 Å². The van der Waals surface area contributed by atoms with E-state index in [9.17, 15) is 14.3 Å². The third-order valence-corrected chi connectivity index (χ3v) is 11.5. The van der Waals surface area contributed by atoms with Crippen LogP contribution in [0.5, 0.6) is 0 Å². The third-order valence-electron chi connectivity index (χ3n) is 10.5. The van der Waals surface area contributed by atoms with Gasteiger partial charge >= 0.3 is 13.8 Å². The maximum atomic E-state index is 12.6. The van der Waals surface area contributed by atoms with Gasteiger partial charge in [0.2, 0.25) is 0 Å². The van der Waals surface area contributed by atoms with Gasteiger partial charge in [-0.25, -0.2) is 4.57 Å². The Hall–Kier alpha value is -2.58. The van der Waals surface area contributed by atoms with Crippen molar-refractivity contribution >= 4 is 13.8 Å². The van der Waals surface area contributed by atoms with Crippen LogP contribution < -0.4 is 5.73 Å². The lowest BCUT2D eigenvalue weighted by molar-refractivity contribution is -0.154. The Morgan fingerprint density at radius 1 is 0.484 bits per heavy atom. The van der Waals surface area contributed by atoms with Crippen LogP contribution in [0.2, 0.25) is 0 Å². The fraction of sp³-hybridized carbons (Fsp3) is 0.691. The fourth-order valence-electron chi connectivity index (χ4n) is 6.74. The number of hydrogen-bond donors (Lipinski definition) is 2. The molecule has 0 aromatic rings. The number of carbonyl (C=O) groups is 1. The van der Waals surface area contributed by atoms with E-state index in [4.69, 9.17) is 24.3 Å². The molecule has 3 N–H and O–H groups in total. The van der Waals surface area contributed by atoms with E-state index in [1.54, 1.807) is 0 Å². The number of phosphoric ester groups is 1. The van der Waals surface area contributed by atoms with Crippen LogP contribution in [0.4, 0.5) is 0 Å². The Kier molecular flexibility index (Phi) is 49.3. The number of allylic oxidation sites excluding steroid dienone is 16. The Labute approximate surface area is 393 Å². The smallest absolute Gasteiger partial charge is 0.457 e. The van der Waals surface area contributed by atoms with Crippen molar-refractivity contribution in [3.05, 3.63) is 97.2 Å². The zero-order chi connectivity index (χ0) is 46.5. The average Bonchev–Trinajstić information content (AvgIpc) is 3.29. The molecule has 0 saturated carbocycles. The summed E-state index contributed by atoms with van der Waals surface area (Å²) in [6, 6.07) is 0. The second kappa shape index (κ2) is 51.4. The highest BCUT2D eigenvalue weighted by atomic mass is 31.2. The van der Waals surface area contributed by atoms with Gasteiger partial charge in [-0.2, -0.15) is 0 Å². The van der Waals surface area contributed by atoms with Gasteiger partial charge in [0.1, 0.15) is 6.10 Å². The van der Waals surface area contributed by atoms with Crippen molar-refractivity contribution in [3.8, 4) is 0 Å². The first kappa shape index (κ1) is 61.4. The van der Waals surface area contributed by atoms with Crippen molar-refractivity contribution in [3.63, 3.8) is 0 Å². The molecular weight excluding hydrogens is 818 g/mol.